The number of halogens is 2. The van der Waals surface area contributed by atoms with Gasteiger partial charge in [0, 0.05) is 49.0 Å². The minimum Gasteiger partial charge on any atom is -0.353 e. The Hall–Kier alpha value is -3.20. The number of nitrogens with zero attached hydrogens (tertiary/aromatic N) is 6. The van der Waals surface area contributed by atoms with Crippen LogP contribution in [0.4, 0.5) is 11.5 Å². The van der Waals surface area contributed by atoms with Gasteiger partial charge in [0.15, 0.2) is 5.65 Å². The Balaban J connectivity index is 1.37. The molecule has 1 N–H and O–H groups in total. The maximum absolute atomic E-state index is 13.5. The summed E-state index contributed by atoms with van der Waals surface area (Å²) in [6.07, 6.45) is 3.37. The molecular formula is C24H23Cl2N7O. The molecule has 0 aliphatic carbocycles. The molecule has 1 aliphatic heterocycles. The number of carbonyl (C=O) groups excluding carboxylic acids is 1. The van der Waals surface area contributed by atoms with Crippen molar-refractivity contribution in [2.45, 2.75) is 6.04 Å². The number of rotatable bonds is 5. The molecule has 2 aromatic heterocycles. The molecule has 1 amide bonds. The van der Waals surface area contributed by atoms with Crippen molar-refractivity contribution >= 4 is 51.6 Å². The van der Waals surface area contributed by atoms with Gasteiger partial charge in [0.2, 0.25) is 5.91 Å². The van der Waals surface area contributed by atoms with Gasteiger partial charge in [-0.3, -0.25) is 14.4 Å². The first-order chi connectivity index (χ1) is 16.5. The van der Waals surface area contributed by atoms with E-state index >= 15 is 0 Å². The number of fused-ring (bicyclic) bond motifs is 1. The molecule has 1 fully saturated rings. The number of aromatic nitrogens is 4. The van der Waals surface area contributed by atoms with Crippen molar-refractivity contribution in [3.63, 3.8) is 0 Å². The normalized spacial score (nSPS) is 15.4. The highest BCUT2D eigenvalue weighted by molar-refractivity contribution is 6.35. The Morgan fingerprint density at radius 3 is 2.41 bits per heavy atom. The molecule has 0 spiro atoms. The Morgan fingerprint density at radius 1 is 1.00 bits per heavy atom. The number of benzene rings is 2. The molecule has 174 valence electrons. The fraction of sp³-hybridized carbons (Fsp3) is 0.250. The maximum Gasteiger partial charge on any atom is 0.246 e. The van der Waals surface area contributed by atoms with E-state index in [2.05, 4.69) is 30.2 Å². The molecule has 1 aliphatic rings. The van der Waals surface area contributed by atoms with Crippen LogP contribution in [0.5, 0.6) is 0 Å². The Bertz CT molecular complexity index is 1300. The molecule has 0 saturated carbocycles. The lowest BCUT2D eigenvalue weighted by Crippen LogP contribution is -2.50. The van der Waals surface area contributed by atoms with Crippen molar-refractivity contribution in [1.82, 2.24) is 24.6 Å². The summed E-state index contributed by atoms with van der Waals surface area (Å²) in [5, 5.41) is 9.18. The number of piperazine rings is 1. The van der Waals surface area contributed by atoms with Gasteiger partial charge in [-0.2, -0.15) is 5.10 Å². The summed E-state index contributed by atoms with van der Waals surface area (Å²) in [5.41, 5.74) is 2.30. The third-order valence-corrected chi connectivity index (χ3v) is 6.42. The smallest absolute Gasteiger partial charge is 0.246 e. The van der Waals surface area contributed by atoms with Crippen molar-refractivity contribution in [3.8, 4) is 0 Å². The van der Waals surface area contributed by atoms with Gasteiger partial charge >= 0.3 is 0 Å². The van der Waals surface area contributed by atoms with Crippen LogP contribution in [0.2, 0.25) is 10.0 Å². The zero-order valence-corrected chi connectivity index (χ0v) is 20.0. The molecule has 8 nitrogen and oxygen atoms in total. The van der Waals surface area contributed by atoms with Crippen LogP contribution in [0.1, 0.15) is 11.6 Å². The largest absolute Gasteiger partial charge is 0.353 e. The minimum absolute atomic E-state index is 0.130. The van der Waals surface area contributed by atoms with E-state index in [1.807, 2.05) is 37.4 Å². The molecule has 10 heteroatoms. The van der Waals surface area contributed by atoms with Crippen LogP contribution < -0.4 is 10.2 Å². The summed E-state index contributed by atoms with van der Waals surface area (Å²) in [5.74, 6) is 0.738. The van der Waals surface area contributed by atoms with Gasteiger partial charge in [0.25, 0.3) is 0 Å². The highest BCUT2D eigenvalue weighted by Gasteiger charge is 2.31. The second kappa shape index (κ2) is 9.58. The zero-order chi connectivity index (χ0) is 23.7. The first-order valence-corrected chi connectivity index (χ1v) is 11.7. The predicted molar refractivity (Wildman–Crippen MR) is 134 cm³/mol. The molecule has 3 heterocycles. The summed E-state index contributed by atoms with van der Waals surface area (Å²) in [6, 6.07) is 14.4. The number of amides is 1. The second-order valence-corrected chi connectivity index (χ2v) is 9.06. The van der Waals surface area contributed by atoms with E-state index in [4.69, 9.17) is 23.2 Å². The average Bonchev–Trinajstić information content (AvgIpc) is 3.21. The fourth-order valence-corrected chi connectivity index (χ4v) is 4.92. The first kappa shape index (κ1) is 22.6. The molecule has 5 rings (SSSR count). The van der Waals surface area contributed by atoms with Crippen molar-refractivity contribution in [2.75, 3.05) is 36.4 Å². The summed E-state index contributed by atoms with van der Waals surface area (Å²) < 4.78 is 1.74. The topological polar surface area (TPSA) is 79.2 Å². The maximum atomic E-state index is 13.5. The van der Waals surface area contributed by atoms with E-state index in [1.165, 1.54) is 0 Å². The van der Waals surface area contributed by atoms with E-state index in [-0.39, 0.29) is 5.91 Å². The molecule has 4 aromatic rings. The molecule has 1 atom stereocenters. The number of hydrogen-bond acceptors (Lipinski definition) is 6. The van der Waals surface area contributed by atoms with E-state index in [1.54, 1.807) is 35.4 Å². The third kappa shape index (κ3) is 4.57. The number of hydrogen-bond donors (Lipinski definition) is 1. The van der Waals surface area contributed by atoms with Gasteiger partial charge in [-0.15, -0.1) is 0 Å². The van der Waals surface area contributed by atoms with E-state index < -0.39 is 6.04 Å². The Kier molecular flexibility index (Phi) is 6.36. The van der Waals surface area contributed by atoms with Gasteiger partial charge in [-0.25, -0.2) is 9.97 Å². The van der Waals surface area contributed by atoms with Gasteiger partial charge in [0.1, 0.15) is 18.2 Å². The van der Waals surface area contributed by atoms with Gasteiger partial charge in [-0.05, 0) is 23.8 Å². The number of aryl methyl sites for hydroxylation is 1. The number of nitrogens with one attached hydrogen (secondary N) is 1. The van der Waals surface area contributed by atoms with Crippen LogP contribution in [-0.4, -0.2) is 56.7 Å². The Labute approximate surface area is 207 Å². The highest BCUT2D eigenvalue weighted by Crippen LogP contribution is 2.29. The van der Waals surface area contributed by atoms with Gasteiger partial charge in [-0.1, -0.05) is 53.5 Å². The van der Waals surface area contributed by atoms with Crippen molar-refractivity contribution in [3.05, 3.63) is 76.7 Å². The summed E-state index contributed by atoms with van der Waals surface area (Å²) in [4.78, 5) is 26.7. The summed E-state index contributed by atoms with van der Waals surface area (Å²) in [7, 11) is 1.87. The fourth-order valence-electron chi connectivity index (χ4n) is 4.39. The van der Waals surface area contributed by atoms with E-state index in [0.29, 0.717) is 28.8 Å². The average molecular weight is 496 g/mol. The van der Waals surface area contributed by atoms with Crippen LogP contribution in [-0.2, 0) is 11.8 Å². The molecule has 1 unspecified atom stereocenters. The van der Waals surface area contributed by atoms with Crippen molar-refractivity contribution in [2.24, 2.45) is 7.05 Å². The minimum atomic E-state index is -0.454. The second-order valence-electron chi connectivity index (χ2n) is 8.19. The monoisotopic (exact) mass is 495 g/mol. The molecule has 0 radical (unpaired) electrons. The number of anilines is 2. The third-order valence-electron chi connectivity index (χ3n) is 5.98. The predicted octanol–water partition coefficient (Wildman–Crippen LogP) is 4.17. The van der Waals surface area contributed by atoms with Crippen LogP contribution in [0, 0.1) is 0 Å². The molecular weight excluding hydrogens is 473 g/mol. The van der Waals surface area contributed by atoms with Gasteiger partial charge in [0.05, 0.1) is 11.6 Å². The van der Waals surface area contributed by atoms with Crippen molar-refractivity contribution in [1.29, 1.82) is 0 Å². The van der Waals surface area contributed by atoms with Crippen LogP contribution in [0.3, 0.4) is 0 Å². The van der Waals surface area contributed by atoms with Crippen LogP contribution in [0.25, 0.3) is 11.0 Å². The molecule has 2 aromatic carbocycles. The standard InChI is InChI=1S/C24H23Cl2N7O/c1-31-22-20(14-29-31)23(28-15-27-22)33-9-7-32(8-10-33)21(16-5-3-2-4-6-16)24(34)30-19-12-17(25)11-18(26)13-19/h2-6,11-15,21H,7-10H2,1H3,(H,30,34). The van der Waals surface area contributed by atoms with E-state index in [9.17, 15) is 4.79 Å². The molecule has 34 heavy (non-hydrogen) atoms. The van der Waals surface area contributed by atoms with Gasteiger partial charge < -0.3 is 10.2 Å². The lowest BCUT2D eigenvalue weighted by atomic mass is 10.0. The molecule has 1 saturated heterocycles. The Morgan fingerprint density at radius 2 is 1.71 bits per heavy atom. The van der Waals surface area contributed by atoms with Crippen molar-refractivity contribution < 1.29 is 4.79 Å². The summed E-state index contributed by atoms with van der Waals surface area (Å²) in [6.45, 7) is 2.82. The lowest BCUT2D eigenvalue weighted by Gasteiger charge is -2.39. The van der Waals surface area contributed by atoms with Crippen LogP contribution in [0.15, 0.2) is 61.1 Å². The van der Waals surface area contributed by atoms with Crippen LogP contribution >= 0.6 is 23.2 Å². The SMILES string of the molecule is Cn1ncc2c(N3CCN(C(C(=O)Nc4cc(Cl)cc(Cl)c4)c4ccccc4)CC3)ncnc21. The quantitative estimate of drug-likeness (QED) is 0.447. The summed E-state index contributed by atoms with van der Waals surface area (Å²) >= 11 is 12.3. The molecule has 0 bridgehead atoms. The highest BCUT2D eigenvalue weighted by atomic mass is 35.5. The first-order valence-electron chi connectivity index (χ1n) is 10.9. The lowest BCUT2D eigenvalue weighted by molar-refractivity contribution is -0.121. The zero-order valence-electron chi connectivity index (χ0n) is 18.5. The van der Waals surface area contributed by atoms with E-state index in [0.717, 1.165) is 35.5 Å². The number of carbonyl (C=O) groups is 1.